The highest BCUT2D eigenvalue weighted by molar-refractivity contribution is 6.04. The van der Waals surface area contributed by atoms with Crippen LogP contribution < -0.4 is 0 Å². The summed E-state index contributed by atoms with van der Waals surface area (Å²) in [5.74, 6) is -0.635. The van der Waals surface area contributed by atoms with Gasteiger partial charge in [-0.1, -0.05) is 64.7 Å². The van der Waals surface area contributed by atoms with E-state index in [4.69, 9.17) is 0 Å². The number of hydrogen-bond donors (Lipinski definition) is 1. The van der Waals surface area contributed by atoms with Gasteiger partial charge >= 0.3 is 0 Å². The molecule has 0 aromatic carbocycles. The maximum absolute atomic E-state index is 11.5. The predicted octanol–water partition coefficient (Wildman–Crippen LogP) is 3.03. The normalized spacial score (nSPS) is 19.1. The Balaban J connectivity index is 1.92. The van der Waals surface area contributed by atoms with Crippen LogP contribution in [0.4, 0.5) is 0 Å². The molecule has 1 fully saturated rings. The molecule has 1 rings (SSSR count). The topological polar surface area (TPSA) is 57.6 Å². The van der Waals surface area contributed by atoms with Gasteiger partial charge in [-0.25, -0.2) is 0 Å². The van der Waals surface area contributed by atoms with Crippen LogP contribution in [0.1, 0.15) is 77.6 Å². The van der Waals surface area contributed by atoms with Crippen LogP contribution in [0.3, 0.4) is 0 Å². The van der Waals surface area contributed by atoms with E-state index in [1.54, 1.807) is 0 Å². The Morgan fingerprint density at radius 2 is 1.45 bits per heavy atom. The smallest absolute Gasteiger partial charge is 0.258 e. The number of nitrogens with zero attached hydrogens (tertiary/aromatic N) is 1. The summed E-state index contributed by atoms with van der Waals surface area (Å²) < 4.78 is 0. The summed E-state index contributed by atoms with van der Waals surface area (Å²) in [5.41, 5.74) is 0. The van der Waals surface area contributed by atoms with Gasteiger partial charge in [0.15, 0.2) is 0 Å². The van der Waals surface area contributed by atoms with Crippen LogP contribution >= 0.6 is 0 Å². The molecular weight excluding hydrogens is 254 g/mol. The van der Waals surface area contributed by atoms with Gasteiger partial charge in [-0.15, -0.1) is 0 Å². The Morgan fingerprint density at radius 3 is 1.90 bits per heavy atom. The van der Waals surface area contributed by atoms with Gasteiger partial charge in [0.25, 0.3) is 5.91 Å². The SMILES string of the molecule is CCCCCCCCCCCCN1C(=O)CC(O)C1=O. The molecule has 0 radical (unpaired) electrons. The minimum Gasteiger partial charge on any atom is -0.383 e. The van der Waals surface area contributed by atoms with Crippen molar-refractivity contribution in [1.82, 2.24) is 4.90 Å². The standard InChI is InChI=1S/C16H29NO3/c1-2-3-4-5-6-7-8-9-10-11-12-17-15(19)13-14(18)16(17)20/h14,18H,2-13H2,1H3. The van der Waals surface area contributed by atoms with E-state index in [2.05, 4.69) is 6.92 Å². The lowest BCUT2D eigenvalue weighted by Gasteiger charge is -2.13. The van der Waals surface area contributed by atoms with E-state index in [1.807, 2.05) is 0 Å². The van der Waals surface area contributed by atoms with Crippen molar-refractivity contribution in [3.8, 4) is 0 Å². The molecule has 4 nitrogen and oxygen atoms in total. The van der Waals surface area contributed by atoms with Gasteiger partial charge in [-0.3, -0.25) is 14.5 Å². The van der Waals surface area contributed by atoms with Crippen molar-refractivity contribution in [2.24, 2.45) is 0 Å². The van der Waals surface area contributed by atoms with E-state index >= 15 is 0 Å². The number of rotatable bonds is 11. The zero-order chi connectivity index (χ0) is 14.8. The highest BCUT2D eigenvalue weighted by Gasteiger charge is 2.36. The fraction of sp³-hybridized carbons (Fsp3) is 0.875. The minimum atomic E-state index is -1.09. The summed E-state index contributed by atoms with van der Waals surface area (Å²) >= 11 is 0. The maximum Gasteiger partial charge on any atom is 0.258 e. The van der Waals surface area contributed by atoms with Crippen molar-refractivity contribution >= 4 is 11.8 Å². The van der Waals surface area contributed by atoms with E-state index in [1.165, 1.54) is 56.3 Å². The number of carbonyl (C=O) groups is 2. The summed E-state index contributed by atoms with van der Waals surface area (Å²) in [4.78, 5) is 24.1. The molecule has 0 saturated carbocycles. The van der Waals surface area contributed by atoms with E-state index in [9.17, 15) is 14.7 Å². The molecule has 116 valence electrons. The van der Waals surface area contributed by atoms with E-state index in [0.717, 1.165) is 12.8 Å². The molecule has 1 heterocycles. The molecule has 1 aliphatic heterocycles. The van der Waals surface area contributed by atoms with Crippen LogP contribution in [0.2, 0.25) is 0 Å². The third-order valence-corrected chi connectivity index (χ3v) is 3.96. The Labute approximate surface area is 122 Å². The van der Waals surface area contributed by atoms with Crippen LogP contribution in [0, 0.1) is 0 Å². The average molecular weight is 283 g/mol. The molecule has 1 unspecified atom stereocenters. The van der Waals surface area contributed by atoms with Crippen LogP contribution in [0.5, 0.6) is 0 Å². The van der Waals surface area contributed by atoms with Crippen LogP contribution in [0.15, 0.2) is 0 Å². The van der Waals surface area contributed by atoms with Crippen molar-refractivity contribution in [1.29, 1.82) is 0 Å². The fourth-order valence-corrected chi connectivity index (χ4v) is 2.66. The minimum absolute atomic E-state index is 0.0312. The van der Waals surface area contributed by atoms with Gasteiger partial charge in [0.2, 0.25) is 5.91 Å². The summed E-state index contributed by atoms with van der Waals surface area (Å²) in [6, 6.07) is 0. The van der Waals surface area contributed by atoms with E-state index in [-0.39, 0.29) is 12.3 Å². The zero-order valence-electron chi connectivity index (χ0n) is 12.8. The summed E-state index contributed by atoms with van der Waals surface area (Å²) in [7, 11) is 0. The van der Waals surface area contributed by atoms with Gasteiger partial charge < -0.3 is 5.11 Å². The Bertz CT molecular complexity index is 304. The first-order chi connectivity index (χ1) is 9.66. The number of likely N-dealkylation sites (tertiary alicyclic amines) is 1. The molecule has 0 aliphatic carbocycles. The molecule has 0 bridgehead atoms. The van der Waals surface area contributed by atoms with Gasteiger partial charge in [-0.2, -0.15) is 0 Å². The van der Waals surface area contributed by atoms with Crippen molar-refractivity contribution in [3.05, 3.63) is 0 Å². The van der Waals surface area contributed by atoms with Gasteiger partial charge in [0, 0.05) is 6.54 Å². The lowest BCUT2D eigenvalue weighted by atomic mass is 10.1. The molecule has 4 heteroatoms. The zero-order valence-corrected chi connectivity index (χ0v) is 12.8. The first-order valence-electron chi connectivity index (χ1n) is 8.19. The maximum atomic E-state index is 11.5. The molecule has 0 aromatic rings. The quantitative estimate of drug-likeness (QED) is 0.468. The van der Waals surface area contributed by atoms with Crippen LogP contribution in [0.25, 0.3) is 0 Å². The first kappa shape index (κ1) is 17.2. The number of aliphatic hydroxyl groups excluding tert-OH is 1. The number of amides is 2. The van der Waals surface area contributed by atoms with E-state index in [0.29, 0.717) is 6.54 Å². The highest BCUT2D eigenvalue weighted by Crippen LogP contribution is 2.15. The van der Waals surface area contributed by atoms with Crippen molar-refractivity contribution in [3.63, 3.8) is 0 Å². The van der Waals surface area contributed by atoms with Crippen molar-refractivity contribution in [2.45, 2.75) is 83.7 Å². The second-order valence-corrected chi connectivity index (χ2v) is 5.79. The largest absolute Gasteiger partial charge is 0.383 e. The molecular formula is C16H29NO3. The number of aliphatic hydroxyl groups is 1. The molecule has 0 aromatic heterocycles. The van der Waals surface area contributed by atoms with Crippen molar-refractivity contribution < 1.29 is 14.7 Å². The van der Waals surface area contributed by atoms with Crippen molar-refractivity contribution in [2.75, 3.05) is 6.54 Å². The second kappa shape index (κ2) is 9.92. The lowest BCUT2D eigenvalue weighted by Crippen LogP contribution is -2.32. The third-order valence-electron chi connectivity index (χ3n) is 3.96. The number of hydrogen-bond acceptors (Lipinski definition) is 3. The third kappa shape index (κ3) is 6.04. The monoisotopic (exact) mass is 283 g/mol. The predicted molar refractivity (Wildman–Crippen MR) is 79.2 cm³/mol. The number of unbranched alkanes of at least 4 members (excludes halogenated alkanes) is 9. The Hall–Kier alpha value is -0.900. The van der Waals surface area contributed by atoms with Gasteiger partial charge in [0.05, 0.1) is 6.42 Å². The summed E-state index contributed by atoms with van der Waals surface area (Å²) in [6.07, 6.45) is 11.2. The highest BCUT2D eigenvalue weighted by atomic mass is 16.3. The molecule has 1 saturated heterocycles. The summed E-state index contributed by atoms with van der Waals surface area (Å²) in [5, 5.41) is 9.29. The molecule has 20 heavy (non-hydrogen) atoms. The number of imide groups is 1. The van der Waals surface area contributed by atoms with Crippen LogP contribution in [-0.4, -0.2) is 34.5 Å². The average Bonchev–Trinajstić information content (AvgIpc) is 2.67. The Morgan fingerprint density at radius 1 is 0.950 bits per heavy atom. The van der Waals surface area contributed by atoms with Gasteiger partial charge in [0.1, 0.15) is 6.10 Å². The molecule has 1 N–H and O–H groups in total. The second-order valence-electron chi connectivity index (χ2n) is 5.79. The first-order valence-corrected chi connectivity index (χ1v) is 8.19. The Kier molecular flexibility index (Phi) is 8.51. The molecule has 1 atom stereocenters. The lowest BCUT2D eigenvalue weighted by molar-refractivity contribution is -0.140. The molecule has 1 aliphatic rings. The fourth-order valence-electron chi connectivity index (χ4n) is 2.66. The number of carbonyl (C=O) groups excluding carboxylic acids is 2. The van der Waals surface area contributed by atoms with E-state index < -0.39 is 12.0 Å². The molecule has 2 amide bonds. The van der Waals surface area contributed by atoms with Crippen LogP contribution in [-0.2, 0) is 9.59 Å². The summed E-state index contributed by atoms with van der Waals surface area (Å²) in [6.45, 7) is 2.71. The molecule has 0 spiro atoms. The van der Waals surface area contributed by atoms with Gasteiger partial charge in [-0.05, 0) is 6.42 Å².